The number of carboxylic acids is 1. The summed E-state index contributed by atoms with van der Waals surface area (Å²) in [6.45, 7) is 1.65. The molecular weight excluding hydrogens is 232 g/mol. The van der Waals surface area contributed by atoms with Crippen molar-refractivity contribution in [3.05, 3.63) is 16.1 Å². The smallest absolute Gasteiger partial charge is 0.334 e. The molecular formula is C9H12N2O4S. The van der Waals surface area contributed by atoms with E-state index in [1.54, 1.807) is 12.4 Å². The van der Waals surface area contributed by atoms with Crippen LogP contribution in [0.2, 0.25) is 0 Å². The second-order valence-electron chi connectivity index (χ2n) is 3.04. The van der Waals surface area contributed by atoms with Gasteiger partial charge in [0.1, 0.15) is 4.88 Å². The van der Waals surface area contributed by atoms with Crippen molar-refractivity contribution in [3.63, 3.8) is 0 Å². The van der Waals surface area contributed by atoms with Crippen LogP contribution < -0.4 is 5.32 Å². The summed E-state index contributed by atoms with van der Waals surface area (Å²) >= 11 is 1.21. The van der Waals surface area contributed by atoms with Crippen LogP contribution in [-0.2, 0) is 9.53 Å². The van der Waals surface area contributed by atoms with Gasteiger partial charge in [0.15, 0.2) is 6.10 Å². The maximum atomic E-state index is 11.6. The molecule has 6 nitrogen and oxygen atoms in total. The molecule has 0 fully saturated rings. The first kappa shape index (κ1) is 12.6. The molecule has 0 spiro atoms. The van der Waals surface area contributed by atoms with Gasteiger partial charge in [-0.15, -0.1) is 11.3 Å². The number of aliphatic carboxylic acids is 1. The lowest BCUT2D eigenvalue weighted by Gasteiger charge is -2.10. The zero-order valence-electron chi connectivity index (χ0n) is 8.89. The molecule has 0 aliphatic heterocycles. The van der Waals surface area contributed by atoms with Crippen molar-refractivity contribution in [1.29, 1.82) is 0 Å². The molecule has 0 aliphatic carbocycles. The van der Waals surface area contributed by atoms with Crippen molar-refractivity contribution >= 4 is 23.2 Å². The molecule has 1 heterocycles. The van der Waals surface area contributed by atoms with E-state index in [1.165, 1.54) is 18.4 Å². The maximum absolute atomic E-state index is 11.6. The lowest BCUT2D eigenvalue weighted by Crippen LogP contribution is -2.37. The molecule has 7 heteroatoms. The molecule has 0 radical (unpaired) electrons. The maximum Gasteiger partial charge on any atom is 0.334 e. The minimum Gasteiger partial charge on any atom is -0.479 e. The second-order valence-corrected chi connectivity index (χ2v) is 3.89. The van der Waals surface area contributed by atoms with E-state index < -0.39 is 12.1 Å². The van der Waals surface area contributed by atoms with Crippen molar-refractivity contribution in [2.24, 2.45) is 0 Å². The minimum atomic E-state index is -1.11. The predicted octanol–water partition coefficient (Wildman–Crippen LogP) is 0.281. The Balaban J connectivity index is 2.53. The third kappa shape index (κ3) is 3.01. The molecule has 0 saturated heterocycles. The SMILES string of the molecule is COC(CNC(=O)c1scnc1C)C(=O)O. The van der Waals surface area contributed by atoms with Crippen LogP contribution in [0.15, 0.2) is 5.51 Å². The van der Waals surface area contributed by atoms with Crippen LogP contribution in [0.25, 0.3) is 0 Å². The lowest BCUT2D eigenvalue weighted by atomic mass is 10.3. The first-order valence-electron chi connectivity index (χ1n) is 4.50. The zero-order chi connectivity index (χ0) is 12.1. The third-order valence-electron chi connectivity index (χ3n) is 1.96. The molecule has 1 amide bonds. The van der Waals surface area contributed by atoms with Gasteiger partial charge in [0.2, 0.25) is 0 Å². The molecule has 2 N–H and O–H groups in total. The Bertz CT molecular complexity index is 391. The first-order valence-corrected chi connectivity index (χ1v) is 5.38. The Morgan fingerprint density at radius 2 is 2.38 bits per heavy atom. The second kappa shape index (κ2) is 5.57. The van der Waals surface area contributed by atoms with Gasteiger partial charge in [-0.1, -0.05) is 0 Å². The summed E-state index contributed by atoms with van der Waals surface area (Å²) < 4.78 is 4.68. The fourth-order valence-electron chi connectivity index (χ4n) is 1.06. The average molecular weight is 244 g/mol. The molecule has 0 aromatic carbocycles. The molecule has 88 valence electrons. The molecule has 1 aromatic rings. The van der Waals surface area contributed by atoms with Crippen LogP contribution in [0.3, 0.4) is 0 Å². The highest BCUT2D eigenvalue weighted by Crippen LogP contribution is 2.11. The number of ether oxygens (including phenoxy) is 1. The Kier molecular flexibility index (Phi) is 4.39. The van der Waals surface area contributed by atoms with Gasteiger partial charge in [0.05, 0.1) is 17.7 Å². The number of hydrogen-bond donors (Lipinski definition) is 2. The fraction of sp³-hybridized carbons (Fsp3) is 0.444. The molecule has 0 bridgehead atoms. The summed E-state index contributed by atoms with van der Waals surface area (Å²) in [5.41, 5.74) is 2.20. The van der Waals surface area contributed by atoms with Crippen LogP contribution >= 0.6 is 11.3 Å². The molecule has 0 saturated carbocycles. The molecule has 16 heavy (non-hydrogen) atoms. The summed E-state index contributed by atoms with van der Waals surface area (Å²) in [5.74, 6) is -1.44. The molecule has 1 atom stereocenters. The minimum absolute atomic E-state index is 0.0675. The largest absolute Gasteiger partial charge is 0.479 e. The van der Waals surface area contributed by atoms with E-state index in [1.807, 2.05) is 0 Å². The molecule has 1 aromatic heterocycles. The highest BCUT2D eigenvalue weighted by atomic mass is 32.1. The van der Waals surface area contributed by atoms with Crippen molar-refractivity contribution < 1.29 is 19.4 Å². The Labute approximate surface area is 96.3 Å². The van der Waals surface area contributed by atoms with E-state index >= 15 is 0 Å². The predicted molar refractivity (Wildman–Crippen MR) is 57.6 cm³/mol. The fourth-order valence-corrected chi connectivity index (χ4v) is 1.78. The number of carbonyl (C=O) groups excluding carboxylic acids is 1. The molecule has 1 rings (SSSR count). The van der Waals surface area contributed by atoms with Crippen molar-refractivity contribution in [2.45, 2.75) is 13.0 Å². The van der Waals surface area contributed by atoms with E-state index in [2.05, 4.69) is 15.0 Å². The topological polar surface area (TPSA) is 88.5 Å². The van der Waals surface area contributed by atoms with Gasteiger partial charge in [0, 0.05) is 7.11 Å². The number of hydrogen-bond acceptors (Lipinski definition) is 5. The van der Waals surface area contributed by atoms with Gasteiger partial charge in [-0.25, -0.2) is 9.78 Å². The van der Waals surface area contributed by atoms with Gasteiger partial charge >= 0.3 is 5.97 Å². The van der Waals surface area contributed by atoms with Crippen LogP contribution in [0.5, 0.6) is 0 Å². The lowest BCUT2D eigenvalue weighted by molar-refractivity contribution is -0.147. The van der Waals surface area contributed by atoms with Gasteiger partial charge in [-0.2, -0.15) is 0 Å². The quantitative estimate of drug-likeness (QED) is 0.776. The third-order valence-corrected chi connectivity index (χ3v) is 2.89. The number of nitrogens with one attached hydrogen (secondary N) is 1. The monoisotopic (exact) mass is 244 g/mol. The number of nitrogens with zero attached hydrogens (tertiary/aromatic N) is 1. The van der Waals surface area contributed by atoms with Gasteiger partial charge < -0.3 is 15.2 Å². The number of thiazole rings is 1. The summed E-state index contributed by atoms with van der Waals surface area (Å²) in [4.78, 5) is 26.6. The number of carbonyl (C=O) groups is 2. The number of aromatic nitrogens is 1. The number of rotatable bonds is 5. The van der Waals surface area contributed by atoms with Gasteiger partial charge in [-0.3, -0.25) is 4.79 Å². The average Bonchev–Trinajstić information content (AvgIpc) is 2.64. The highest BCUT2D eigenvalue weighted by Gasteiger charge is 2.18. The van der Waals surface area contributed by atoms with Gasteiger partial charge in [-0.05, 0) is 6.92 Å². The molecule has 1 unspecified atom stereocenters. The van der Waals surface area contributed by atoms with Crippen LogP contribution in [-0.4, -0.2) is 41.7 Å². The van der Waals surface area contributed by atoms with Crippen molar-refractivity contribution in [1.82, 2.24) is 10.3 Å². The van der Waals surface area contributed by atoms with E-state index in [4.69, 9.17) is 5.11 Å². The number of methoxy groups -OCH3 is 1. The first-order chi connectivity index (χ1) is 7.56. The Morgan fingerprint density at radius 1 is 1.69 bits per heavy atom. The van der Waals surface area contributed by atoms with Crippen molar-refractivity contribution in [2.75, 3.05) is 13.7 Å². The van der Waals surface area contributed by atoms with Crippen LogP contribution in [0, 0.1) is 6.92 Å². The number of carboxylic acid groups (broad SMARTS) is 1. The number of aryl methyl sites for hydroxylation is 1. The van der Waals surface area contributed by atoms with E-state index in [0.717, 1.165) is 0 Å². The summed E-state index contributed by atoms with van der Waals surface area (Å²) in [7, 11) is 1.28. The summed E-state index contributed by atoms with van der Waals surface area (Å²) in [5, 5.41) is 11.2. The van der Waals surface area contributed by atoms with E-state index in [9.17, 15) is 9.59 Å². The van der Waals surface area contributed by atoms with E-state index in [-0.39, 0.29) is 12.5 Å². The molecule has 0 aliphatic rings. The van der Waals surface area contributed by atoms with Crippen molar-refractivity contribution in [3.8, 4) is 0 Å². The summed E-state index contributed by atoms with van der Waals surface area (Å²) in [6.07, 6.45) is -1.03. The normalized spacial score (nSPS) is 12.1. The van der Waals surface area contributed by atoms with Gasteiger partial charge in [0.25, 0.3) is 5.91 Å². The van der Waals surface area contributed by atoms with Crippen LogP contribution in [0.1, 0.15) is 15.4 Å². The zero-order valence-corrected chi connectivity index (χ0v) is 9.71. The number of amides is 1. The highest BCUT2D eigenvalue weighted by molar-refractivity contribution is 7.11. The van der Waals surface area contributed by atoms with E-state index in [0.29, 0.717) is 10.6 Å². The Morgan fingerprint density at radius 3 is 2.81 bits per heavy atom. The summed E-state index contributed by atoms with van der Waals surface area (Å²) in [6, 6.07) is 0. The Hall–Kier alpha value is -1.47. The van der Waals surface area contributed by atoms with Crippen LogP contribution in [0.4, 0.5) is 0 Å². The standard InChI is InChI=1S/C9H12N2O4S/c1-5-7(16-4-11-5)8(12)10-3-6(15-2)9(13)14/h4,6H,3H2,1-2H3,(H,10,12)(H,13,14).